The van der Waals surface area contributed by atoms with Crippen molar-refractivity contribution in [3.63, 3.8) is 0 Å². The average Bonchev–Trinajstić information content (AvgIpc) is 3.04. The van der Waals surface area contributed by atoms with Gasteiger partial charge in [0.15, 0.2) is 0 Å². The Morgan fingerprint density at radius 2 is 2.05 bits per heavy atom. The van der Waals surface area contributed by atoms with E-state index in [1.807, 2.05) is 24.3 Å². The van der Waals surface area contributed by atoms with E-state index in [0.29, 0.717) is 18.1 Å². The maximum atomic E-state index is 10.8. The van der Waals surface area contributed by atoms with Crippen LogP contribution >= 0.6 is 0 Å². The summed E-state index contributed by atoms with van der Waals surface area (Å²) in [5, 5.41) is 18.2. The van der Waals surface area contributed by atoms with Crippen LogP contribution in [0.15, 0.2) is 40.8 Å². The first-order valence-corrected chi connectivity index (χ1v) is 6.06. The van der Waals surface area contributed by atoms with Gasteiger partial charge < -0.3 is 19.2 Å². The number of carboxylic acids is 1. The number of fused-ring (bicyclic) bond motifs is 1. The largest absolute Gasteiger partial charge is 0.475 e. The Labute approximate surface area is 113 Å². The fourth-order valence-electron chi connectivity index (χ4n) is 2.16. The van der Waals surface area contributed by atoms with Crippen LogP contribution in [0.2, 0.25) is 0 Å². The standard InChI is InChI=1S/C14H12N2O4/c17-8-13-15-10-3-1-2-4-11(10)16(13)7-9-5-6-12(20-9)14(18)19/h1-6,17H,7-8H2,(H,18,19). The molecule has 2 aromatic heterocycles. The Balaban J connectivity index is 2.02. The first-order chi connectivity index (χ1) is 9.69. The summed E-state index contributed by atoms with van der Waals surface area (Å²) in [6, 6.07) is 10.5. The van der Waals surface area contributed by atoms with Crippen LogP contribution in [0.4, 0.5) is 0 Å². The van der Waals surface area contributed by atoms with Crippen molar-refractivity contribution in [2.75, 3.05) is 0 Å². The molecular weight excluding hydrogens is 260 g/mol. The minimum Gasteiger partial charge on any atom is -0.475 e. The van der Waals surface area contributed by atoms with E-state index in [-0.39, 0.29) is 12.4 Å². The molecular formula is C14H12N2O4. The highest BCUT2D eigenvalue weighted by Gasteiger charge is 2.13. The van der Waals surface area contributed by atoms with E-state index in [4.69, 9.17) is 9.52 Å². The van der Waals surface area contributed by atoms with E-state index >= 15 is 0 Å². The van der Waals surface area contributed by atoms with E-state index in [9.17, 15) is 9.90 Å². The van der Waals surface area contributed by atoms with Gasteiger partial charge in [0.25, 0.3) is 0 Å². The number of imidazole rings is 1. The number of carboxylic acid groups (broad SMARTS) is 1. The van der Waals surface area contributed by atoms with Crippen molar-refractivity contribution in [3.05, 3.63) is 53.7 Å². The number of carbonyl (C=O) groups is 1. The number of aliphatic hydroxyl groups excluding tert-OH is 1. The fraction of sp³-hybridized carbons (Fsp3) is 0.143. The SMILES string of the molecule is O=C(O)c1ccc(Cn2c(CO)nc3ccccc32)o1. The lowest BCUT2D eigenvalue weighted by Gasteiger charge is -2.05. The average molecular weight is 272 g/mol. The molecule has 6 nitrogen and oxygen atoms in total. The molecule has 0 unspecified atom stereocenters. The molecule has 0 spiro atoms. The second-order valence-corrected chi connectivity index (χ2v) is 4.33. The van der Waals surface area contributed by atoms with Crippen LogP contribution in [0.1, 0.15) is 22.1 Å². The molecule has 1 aromatic carbocycles. The summed E-state index contributed by atoms with van der Waals surface area (Å²) in [5.41, 5.74) is 1.64. The fourth-order valence-corrected chi connectivity index (χ4v) is 2.16. The van der Waals surface area contributed by atoms with Crippen LogP contribution in [0.3, 0.4) is 0 Å². The number of aliphatic hydroxyl groups is 1. The van der Waals surface area contributed by atoms with Crippen LogP contribution in [0.25, 0.3) is 11.0 Å². The van der Waals surface area contributed by atoms with Crippen molar-refractivity contribution in [2.45, 2.75) is 13.2 Å². The molecule has 0 atom stereocenters. The summed E-state index contributed by atoms with van der Waals surface area (Å²) >= 11 is 0. The van der Waals surface area contributed by atoms with Gasteiger partial charge in [-0.25, -0.2) is 9.78 Å². The first kappa shape index (κ1) is 12.4. The highest BCUT2D eigenvalue weighted by Crippen LogP contribution is 2.19. The van der Waals surface area contributed by atoms with Crippen LogP contribution in [-0.2, 0) is 13.2 Å². The third-order valence-electron chi connectivity index (χ3n) is 3.06. The Hall–Kier alpha value is -2.60. The molecule has 0 amide bonds. The summed E-state index contributed by atoms with van der Waals surface area (Å²) in [6.07, 6.45) is 0. The van der Waals surface area contributed by atoms with Crippen LogP contribution in [0.5, 0.6) is 0 Å². The predicted molar refractivity (Wildman–Crippen MR) is 70.4 cm³/mol. The van der Waals surface area contributed by atoms with Crippen LogP contribution in [-0.4, -0.2) is 25.7 Å². The van der Waals surface area contributed by atoms with Gasteiger partial charge in [-0.05, 0) is 24.3 Å². The predicted octanol–water partition coefficient (Wildman–Crippen LogP) is 1.87. The summed E-state index contributed by atoms with van der Waals surface area (Å²) in [6.45, 7) is 0.130. The number of rotatable bonds is 4. The lowest BCUT2D eigenvalue weighted by Crippen LogP contribution is -2.04. The molecule has 0 aliphatic carbocycles. The van der Waals surface area contributed by atoms with Gasteiger partial charge in [0, 0.05) is 0 Å². The number of hydrogen-bond donors (Lipinski definition) is 2. The zero-order chi connectivity index (χ0) is 14.1. The van der Waals surface area contributed by atoms with Gasteiger partial charge in [0.1, 0.15) is 18.2 Å². The van der Waals surface area contributed by atoms with Gasteiger partial charge in [-0.1, -0.05) is 12.1 Å². The minimum absolute atomic E-state index is 0.102. The monoisotopic (exact) mass is 272 g/mol. The van der Waals surface area contributed by atoms with E-state index < -0.39 is 5.97 Å². The van der Waals surface area contributed by atoms with Gasteiger partial charge in [0.2, 0.25) is 5.76 Å². The van der Waals surface area contributed by atoms with Crippen molar-refractivity contribution in [2.24, 2.45) is 0 Å². The molecule has 2 heterocycles. The highest BCUT2D eigenvalue weighted by molar-refractivity contribution is 5.84. The van der Waals surface area contributed by atoms with Crippen molar-refractivity contribution in [1.82, 2.24) is 9.55 Å². The molecule has 0 saturated carbocycles. The smallest absolute Gasteiger partial charge is 0.371 e. The molecule has 0 fully saturated rings. The maximum Gasteiger partial charge on any atom is 0.371 e. The Morgan fingerprint density at radius 1 is 1.25 bits per heavy atom. The number of aromatic carboxylic acids is 1. The topological polar surface area (TPSA) is 88.5 Å². The molecule has 0 aliphatic heterocycles. The molecule has 20 heavy (non-hydrogen) atoms. The van der Waals surface area contributed by atoms with Gasteiger partial charge in [-0.2, -0.15) is 0 Å². The number of furan rings is 1. The number of aromatic nitrogens is 2. The Morgan fingerprint density at radius 3 is 2.75 bits per heavy atom. The van der Waals surface area contributed by atoms with E-state index in [2.05, 4.69) is 4.98 Å². The van der Waals surface area contributed by atoms with Crippen molar-refractivity contribution >= 4 is 17.0 Å². The van der Waals surface area contributed by atoms with Gasteiger partial charge >= 0.3 is 5.97 Å². The second kappa shape index (κ2) is 4.82. The summed E-state index contributed by atoms with van der Waals surface area (Å²) in [4.78, 5) is 15.1. The molecule has 0 radical (unpaired) electrons. The van der Waals surface area contributed by atoms with Gasteiger partial charge in [-0.15, -0.1) is 0 Å². The van der Waals surface area contributed by atoms with Crippen molar-refractivity contribution < 1.29 is 19.4 Å². The van der Waals surface area contributed by atoms with Crippen molar-refractivity contribution in [3.8, 4) is 0 Å². The molecule has 0 saturated heterocycles. The minimum atomic E-state index is -1.10. The summed E-state index contributed by atoms with van der Waals surface area (Å²) in [5.74, 6) is -0.191. The summed E-state index contributed by atoms with van der Waals surface area (Å²) in [7, 11) is 0. The molecule has 3 rings (SSSR count). The lowest BCUT2D eigenvalue weighted by atomic mass is 10.3. The van der Waals surface area contributed by atoms with Gasteiger partial charge in [-0.3, -0.25) is 0 Å². The zero-order valence-corrected chi connectivity index (χ0v) is 10.5. The highest BCUT2D eigenvalue weighted by atomic mass is 16.4. The quantitative estimate of drug-likeness (QED) is 0.756. The van der Waals surface area contributed by atoms with E-state index in [1.165, 1.54) is 6.07 Å². The Bertz CT molecular complexity index is 772. The lowest BCUT2D eigenvalue weighted by molar-refractivity contribution is 0.0660. The zero-order valence-electron chi connectivity index (χ0n) is 10.5. The second-order valence-electron chi connectivity index (χ2n) is 4.33. The molecule has 0 bridgehead atoms. The molecule has 6 heteroatoms. The van der Waals surface area contributed by atoms with E-state index in [1.54, 1.807) is 10.6 Å². The molecule has 3 aromatic rings. The number of hydrogen-bond acceptors (Lipinski definition) is 4. The molecule has 0 aliphatic rings. The number of benzene rings is 1. The number of para-hydroxylation sites is 2. The van der Waals surface area contributed by atoms with Gasteiger partial charge in [0.05, 0.1) is 17.6 Å². The number of nitrogens with zero attached hydrogens (tertiary/aromatic N) is 2. The van der Waals surface area contributed by atoms with E-state index in [0.717, 1.165) is 11.0 Å². The first-order valence-electron chi connectivity index (χ1n) is 6.06. The third-order valence-corrected chi connectivity index (χ3v) is 3.06. The van der Waals surface area contributed by atoms with Crippen molar-refractivity contribution in [1.29, 1.82) is 0 Å². The molecule has 2 N–H and O–H groups in total. The third kappa shape index (κ3) is 2.06. The van der Waals surface area contributed by atoms with Crippen LogP contribution < -0.4 is 0 Å². The maximum absolute atomic E-state index is 10.8. The normalized spacial score (nSPS) is 11.1. The van der Waals surface area contributed by atoms with Crippen LogP contribution in [0, 0.1) is 0 Å². The molecule has 102 valence electrons. The summed E-state index contributed by atoms with van der Waals surface area (Å²) < 4.78 is 7.04. The Kier molecular flexibility index (Phi) is 3.00.